The van der Waals surface area contributed by atoms with Crippen LogP contribution in [0.2, 0.25) is 0 Å². The Hall–Kier alpha value is -3.02. The Labute approximate surface area is 165 Å². The highest BCUT2D eigenvalue weighted by Gasteiger charge is 2.24. The zero-order valence-electron chi connectivity index (χ0n) is 16.1. The minimum atomic E-state index is 0.0223. The van der Waals surface area contributed by atoms with E-state index in [4.69, 9.17) is 4.74 Å². The summed E-state index contributed by atoms with van der Waals surface area (Å²) < 4.78 is 5.58. The Morgan fingerprint density at radius 3 is 2.50 bits per heavy atom. The van der Waals surface area contributed by atoms with E-state index < -0.39 is 0 Å². The third-order valence-corrected chi connectivity index (χ3v) is 5.51. The van der Waals surface area contributed by atoms with Crippen molar-refractivity contribution in [2.75, 3.05) is 49.6 Å². The van der Waals surface area contributed by atoms with Crippen molar-refractivity contribution in [3.63, 3.8) is 0 Å². The minimum absolute atomic E-state index is 0.0223. The maximum Gasteiger partial charge on any atom is 0.260 e. The van der Waals surface area contributed by atoms with Crippen molar-refractivity contribution in [3.05, 3.63) is 54.1 Å². The van der Waals surface area contributed by atoms with Crippen molar-refractivity contribution in [3.8, 4) is 5.75 Å². The second kappa shape index (κ2) is 7.92. The van der Waals surface area contributed by atoms with E-state index in [1.807, 2.05) is 48.3 Å². The van der Waals surface area contributed by atoms with E-state index >= 15 is 0 Å². The smallest absolute Gasteiger partial charge is 0.260 e. The summed E-state index contributed by atoms with van der Waals surface area (Å²) in [4.78, 5) is 30.2. The molecule has 2 aromatic carbocycles. The van der Waals surface area contributed by atoms with Gasteiger partial charge in [-0.05, 0) is 42.3 Å². The molecule has 0 saturated carbocycles. The summed E-state index contributed by atoms with van der Waals surface area (Å²) in [5, 5.41) is 0. The summed E-state index contributed by atoms with van der Waals surface area (Å²) in [5.41, 5.74) is 3.38. The molecular formula is C22H25N3O3. The molecule has 4 rings (SSSR count). The van der Waals surface area contributed by atoms with Crippen molar-refractivity contribution in [1.82, 2.24) is 4.90 Å². The van der Waals surface area contributed by atoms with Gasteiger partial charge in [0.05, 0.1) is 0 Å². The Balaban J connectivity index is 1.33. The van der Waals surface area contributed by atoms with Gasteiger partial charge >= 0.3 is 0 Å². The molecule has 28 heavy (non-hydrogen) atoms. The molecule has 6 heteroatoms. The molecule has 0 atom stereocenters. The quantitative estimate of drug-likeness (QED) is 0.818. The lowest BCUT2D eigenvalue weighted by molar-refractivity contribution is -0.133. The predicted octanol–water partition coefficient (Wildman–Crippen LogP) is 2.32. The van der Waals surface area contributed by atoms with Crippen LogP contribution in [0.25, 0.3) is 0 Å². The van der Waals surface area contributed by atoms with Crippen LogP contribution in [-0.4, -0.2) is 56.5 Å². The highest BCUT2D eigenvalue weighted by molar-refractivity contribution is 5.96. The van der Waals surface area contributed by atoms with Crippen molar-refractivity contribution in [2.45, 2.75) is 12.8 Å². The second-order valence-corrected chi connectivity index (χ2v) is 7.24. The zero-order chi connectivity index (χ0) is 19.5. The first kappa shape index (κ1) is 18.3. The number of fused-ring (bicyclic) bond motifs is 1. The number of aryl methyl sites for hydroxylation is 1. The van der Waals surface area contributed by atoms with Crippen LogP contribution in [0.15, 0.2) is 48.5 Å². The lowest BCUT2D eigenvalue weighted by atomic mass is 10.0. The third kappa shape index (κ3) is 3.81. The number of carbonyl (C=O) groups excluding carboxylic acids is 2. The van der Waals surface area contributed by atoms with Crippen molar-refractivity contribution in [1.29, 1.82) is 0 Å². The van der Waals surface area contributed by atoms with Crippen LogP contribution < -0.4 is 14.5 Å². The zero-order valence-corrected chi connectivity index (χ0v) is 16.1. The van der Waals surface area contributed by atoms with Crippen LogP contribution in [0.4, 0.5) is 11.4 Å². The summed E-state index contributed by atoms with van der Waals surface area (Å²) in [6, 6.07) is 15.7. The molecule has 0 spiro atoms. The second-order valence-electron chi connectivity index (χ2n) is 7.24. The van der Waals surface area contributed by atoms with Gasteiger partial charge in [-0.2, -0.15) is 0 Å². The van der Waals surface area contributed by atoms with Gasteiger partial charge in [-0.15, -0.1) is 0 Å². The summed E-state index contributed by atoms with van der Waals surface area (Å²) in [6.07, 6.45) is 1.36. The Kier molecular flexibility index (Phi) is 5.19. The van der Waals surface area contributed by atoms with Gasteiger partial charge in [0.1, 0.15) is 5.75 Å². The largest absolute Gasteiger partial charge is 0.484 e. The molecule has 0 N–H and O–H groups in total. The average Bonchev–Trinajstić information content (AvgIpc) is 2.75. The molecule has 2 aliphatic heterocycles. The van der Waals surface area contributed by atoms with Crippen LogP contribution in [0, 0.1) is 0 Å². The molecule has 0 radical (unpaired) electrons. The van der Waals surface area contributed by atoms with Crippen LogP contribution in [0.1, 0.15) is 12.0 Å². The first-order valence-electron chi connectivity index (χ1n) is 9.72. The summed E-state index contributed by atoms with van der Waals surface area (Å²) in [5.74, 6) is 0.908. The maximum atomic E-state index is 12.4. The number of para-hydroxylation sites is 1. The summed E-state index contributed by atoms with van der Waals surface area (Å²) in [6.45, 7) is 3.04. The Bertz CT molecular complexity index is 861. The normalized spacial score (nSPS) is 16.8. The van der Waals surface area contributed by atoms with Gasteiger partial charge in [-0.1, -0.05) is 18.2 Å². The number of piperazine rings is 1. The first-order chi connectivity index (χ1) is 13.6. The fourth-order valence-corrected chi connectivity index (χ4v) is 3.81. The summed E-state index contributed by atoms with van der Waals surface area (Å²) >= 11 is 0. The van der Waals surface area contributed by atoms with E-state index in [2.05, 4.69) is 17.0 Å². The summed E-state index contributed by atoms with van der Waals surface area (Å²) in [7, 11) is 1.84. The van der Waals surface area contributed by atoms with Crippen molar-refractivity contribution < 1.29 is 14.3 Å². The molecule has 0 unspecified atom stereocenters. The van der Waals surface area contributed by atoms with E-state index in [-0.39, 0.29) is 18.4 Å². The number of carbonyl (C=O) groups is 2. The number of hydrogen-bond acceptors (Lipinski definition) is 4. The maximum absolute atomic E-state index is 12.4. The SMILES string of the molecule is CN1C(=O)CCc2cc(N3CCN(C(=O)COc4ccccc4)CC3)ccc21. The van der Waals surface area contributed by atoms with Gasteiger partial charge in [0, 0.05) is 51.0 Å². The van der Waals surface area contributed by atoms with E-state index in [0.717, 1.165) is 30.9 Å². The molecule has 146 valence electrons. The average molecular weight is 379 g/mol. The van der Waals surface area contributed by atoms with Crippen LogP contribution in [-0.2, 0) is 16.0 Å². The highest BCUT2D eigenvalue weighted by Crippen LogP contribution is 2.31. The molecular weight excluding hydrogens is 354 g/mol. The van der Waals surface area contributed by atoms with Crippen LogP contribution in [0.3, 0.4) is 0 Å². The third-order valence-electron chi connectivity index (χ3n) is 5.51. The molecule has 2 amide bonds. The molecule has 2 aromatic rings. The number of nitrogens with zero attached hydrogens (tertiary/aromatic N) is 3. The molecule has 2 heterocycles. The number of amides is 2. The molecule has 1 fully saturated rings. The van der Waals surface area contributed by atoms with Gasteiger partial charge in [0.2, 0.25) is 5.91 Å². The Morgan fingerprint density at radius 1 is 1.00 bits per heavy atom. The fraction of sp³-hybridized carbons (Fsp3) is 0.364. The number of benzene rings is 2. The number of hydrogen-bond donors (Lipinski definition) is 0. The van der Waals surface area contributed by atoms with Crippen LogP contribution >= 0.6 is 0 Å². The van der Waals surface area contributed by atoms with Gasteiger partial charge in [0.15, 0.2) is 6.61 Å². The molecule has 0 aromatic heterocycles. The molecule has 2 aliphatic rings. The predicted molar refractivity (Wildman–Crippen MR) is 109 cm³/mol. The molecule has 1 saturated heterocycles. The van der Waals surface area contributed by atoms with Gasteiger partial charge in [0.25, 0.3) is 5.91 Å². The van der Waals surface area contributed by atoms with E-state index in [0.29, 0.717) is 25.3 Å². The minimum Gasteiger partial charge on any atom is -0.484 e. The van der Waals surface area contributed by atoms with Crippen LogP contribution in [0.5, 0.6) is 5.75 Å². The lowest BCUT2D eigenvalue weighted by Gasteiger charge is -2.37. The molecule has 0 aliphatic carbocycles. The van der Waals surface area contributed by atoms with Gasteiger partial charge < -0.3 is 19.4 Å². The number of rotatable bonds is 4. The molecule has 6 nitrogen and oxygen atoms in total. The Morgan fingerprint density at radius 2 is 1.75 bits per heavy atom. The molecule has 0 bridgehead atoms. The van der Waals surface area contributed by atoms with Crippen molar-refractivity contribution in [2.24, 2.45) is 0 Å². The monoisotopic (exact) mass is 379 g/mol. The topological polar surface area (TPSA) is 53.1 Å². The number of anilines is 2. The first-order valence-corrected chi connectivity index (χ1v) is 9.72. The van der Waals surface area contributed by atoms with E-state index in [1.54, 1.807) is 4.90 Å². The number of ether oxygens (including phenoxy) is 1. The van der Waals surface area contributed by atoms with E-state index in [1.165, 1.54) is 5.56 Å². The standard InChI is InChI=1S/C22H25N3O3/c1-23-20-9-8-18(15-17(20)7-10-21(23)26)24-11-13-25(14-12-24)22(27)16-28-19-5-3-2-4-6-19/h2-6,8-9,15H,7,10-14,16H2,1H3. The lowest BCUT2D eigenvalue weighted by Crippen LogP contribution is -2.50. The fourth-order valence-electron chi connectivity index (χ4n) is 3.81. The van der Waals surface area contributed by atoms with E-state index in [9.17, 15) is 9.59 Å². The van der Waals surface area contributed by atoms with Crippen molar-refractivity contribution >= 4 is 23.2 Å². The highest BCUT2D eigenvalue weighted by atomic mass is 16.5. The van der Waals surface area contributed by atoms with Gasteiger partial charge in [-0.3, -0.25) is 9.59 Å². The van der Waals surface area contributed by atoms with Gasteiger partial charge in [-0.25, -0.2) is 0 Å².